The minimum atomic E-state index is 0.225. The molecule has 11 heavy (non-hydrogen) atoms. The Bertz CT molecular complexity index is 297. The van der Waals surface area contributed by atoms with E-state index >= 15 is 0 Å². The van der Waals surface area contributed by atoms with Gasteiger partial charge >= 0.3 is 0 Å². The molecule has 0 aliphatic rings. The van der Waals surface area contributed by atoms with Gasteiger partial charge in [0.1, 0.15) is 16.6 Å². The SMILES string of the molecule is Cc1ncc(C(N)=S)c(N)n1. The van der Waals surface area contributed by atoms with Crippen molar-refractivity contribution in [1.82, 2.24) is 9.97 Å². The topological polar surface area (TPSA) is 77.8 Å². The third-order valence-electron chi connectivity index (χ3n) is 1.20. The summed E-state index contributed by atoms with van der Waals surface area (Å²) in [5, 5.41) is 0. The first-order chi connectivity index (χ1) is 5.11. The summed E-state index contributed by atoms with van der Waals surface area (Å²) in [5.74, 6) is 0.951. The summed E-state index contributed by atoms with van der Waals surface area (Å²) >= 11 is 4.71. The summed E-state index contributed by atoms with van der Waals surface area (Å²) in [6.07, 6.45) is 1.53. The van der Waals surface area contributed by atoms with E-state index in [2.05, 4.69) is 9.97 Å². The van der Waals surface area contributed by atoms with Crippen LogP contribution in [0.15, 0.2) is 6.20 Å². The smallest absolute Gasteiger partial charge is 0.137 e. The second kappa shape index (κ2) is 2.79. The molecule has 0 bridgehead atoms. The largest absolute Gasteiger partial charge is 0.389 e. The fraction of sp³-hybridized carbons (Fsp3) is 0.167. The Hall–Kier alpha value is -1.23. The summed E-state index contributed by atoms with van der Waals surface area (Å²) in [7, 11) is 0. The van der Waals surface area contributed by atoms with Crippen LogP contribution in [0.25, 0.3) is 0 Å². The van der Waals surface area contributed by atoms with Crippen LogP contribution in [0.2, 0.25) is 0 Å². The van der Waals surface area contributed by atoms with Crippen LogP contribution in [0.1, 0.15) is 11.4 Å². The Balaban J connectivity index is 3.20. The highest BCUT2D eigenvalue weighted by atomic mass is 32.1. The molecule has 4 N–H and O–H groups in total. The van der Waals surface area contributed by atoms with Crippen LogP contribution in [-0.4, -0.2) is 15.0 Å². The van der Waals surface area contributed by atoms with Gasteiger partial charge in [-0.2, -0.15) is 0 Å². The van der Waals surface area contributed by atoms with E-state index in [9.17, 15) is 0 Å². The summed E-state index contributed by atoms with van der Waals surface area (Å²) in [5.41, 5.74) is 11.4. The van der Waals surface area contributed by atoms with E-state index in [0.717, 1.165) is 0 Å². The van der Waals surface area contributed by atoms with Crippen LogP contribution < -0.4 is 11.5 Å². The van der Waals surface area contributed by atoms with Crippen molar-refractivity contribution in [1.29, 1.82) is 0 Å². The lowest BCUT2D eigenvalue weighted by atomic mass is 10.3. The highest BCUT2D eigenvalue weighted by Gasteiger charge is 2.02. The van der Waals surface area contributed by atoms with E-state index in [1.54, 1.807) is 6.92 Å². The van der Waals surface area contributed by atoms with Crippen molar-refractivity contribution < 1.29 is 0 Å². The number of nitrogen functional groups attached to an aromatic ring is 1. The number of aromatic nitrogens is 2. The second-order valence-corrected chi connectivity index (χ2v) is 2.52. The van der Waals surface area contributed by atoms with Crippen LogP contribution in [0.5, 0.6) is 0 Å². The van der Waals surface area contributed by atoms with Gasteiger partial charge in [-0.25, -0.2) is 9.97 Å². The van der Waals surface area contributed by atoms with E-state index in [4.69, 9.17) is 23.7 Å². The van der Waals surface area contributed by atoms with E-state index in [1.165, 1.54) is 6.20 Å². The van der Waals surface area contributed by atoms with Crippen molar-refractivity contribution >= 4 is 23.0 Å². The molecule has 0 saturated carbocycles. The second-order valence-electron chi connectivity index (χ2n) is 2.08. The van der Waals surface area contributed by atoms with Crippen molar-refractivity contribution in [2.45, 2.75) is 6.92 Å². The van der Waals surface area contributed by atoms with Gasteiger partial charge in [0.05, 0.1) is 5.56 Å². The zero-order chi connectivity index (χ0) is 8.43. The molecule has 4 nitrogen and oxygen atoms in total. The monoisotopic (exact) mass is 168 g/mol. The lowest BCUT2D eigenvalue weighted by Crippen LogP contribution is -2.14. The molecule has 0 aromatic carbocycles. The predicted octanol–water partition coefficient (Wildman–Crippen LogP) is 0.00142. The molecule has 0 unspecified atom stereocenters. The Morgan fingerprint density at radius 3 is 2.73 bits per heavy atom. The zero-order valence-corrected chi connectivity index (χ0v) is 6.85. The lowest BCUT2D eigenvalue weighted by Gasteiger charge is -2.01. The highest BCUT2D eigenvalue weighted by Crippen LogP contribution is 2.05. The van der Waals surface area contributed by atoms with Gasteiger partial charge in [0.15, 0.2) is 0 Å². The number of rotatable bonds is 1. The quantitative estimate of drug-likeness (QED) is 0.577. The van der Waals surface area contributed by atoms with Gasteiger partial charge in [-0.05, 0) is 6.92 Å². The number of nitrogens with two attached hydrogens (primary N) is 2. The van der Waals surface area contributed by atoms with Crippen molar-refractivity contribution in [3.05, 3.63) is 17.6 Å². The van der Waals surface area contributed by atoms with E-state index in [-0.39, 0.29) is 4.99 Å². The summed E-state index contributed by atoms with van der Waals surface area (Å²) in [6.45, 7) is 1.75. The van der Waals surface area contributed by atoms with Crippen molar-refractivity contribution in [3.63, 3.8) is 0 Å². The third-order valence-corrected chi connectivity index (χ3v) is 1.42. The van der Waals surface area contributed by atoms with Gasteiger partial charge in [-0.3, -0.25) is 0 Å². The molecule has 1 aromatic heterocycles. The molecule has 5 heteroatoms. The Morgan fingerprint density at radius 1 is 1.64 bits per heavy atom. The Labute approximate surface area is 69.6 Å². The van der Waals surface area contributed by atoms with Gasteiger partial charge in [-0.15, -0.1) is 0 Å². The molecule has 0 amide bonds. The Morgan fingerprint density at radius 2 is 2.27 bits per heavy atom. The van der Waals surface area contributed by atoms with E-state index < -0.39 is 0 Å². The van der Waals surface area contributed by atoms with Crippen LogP contribution in [-0.2, 0) is 0 Å². The number of thiocarbonyl (C=S) groups is 1. The normalized spacial score (nSPS) is 9.55. The van der Waals surface area contributed by atoms with Crippen molar-refractivity contribution in [3.8, 4) is 0 Å². The van der Waals surface area contributed by atoms with E-state index in [0.29, 0.717) is 17.2 Å². The average molecular weight is 168 g/mol. The summed E-state index contributed by atoms with van der Waals surface area (Å²) in [4.78, 5) is 8.02. The van der Waals surface area contributed by atoms with Crippen molar-refractivity contribution in [2.24, 2.45) is 5.73 Å². The molecule has 58 valence electrons. The molecule has 0 atom stereocenters. The third kappa shape index (κ3) is 1.62. The molecular weight excluding hydrogens is 160 g/mol. The van der Waals surface area contributed by atoms with Crippen LogP contribution in [0, 0.1) is 6.92 Å². The first-order valence-corrected chi connectivity index (χ1v) is 3.41. The molecule has 1 rings (SSSR count). The predicted molar refractivity (Wildman–Crippen MR) is 47.1 cm³/mol. The maximum absolute atomic E-state index is 5.50. The molecule has 1 heterocycles. The molecule has 0 saturated heterocycles. The maximum Gasteiger partial charge on any atom is 0.137 e. The molecule has 0 aliphatic heterocycles. The highest BCUT2D eigenvalue weighted by molar-refractivity contribution is 7.80. The van der Waals surface area contributed by atoms with Crippen LogP contribution in [0.4, 0.5) is 5.82 Å². The maximum atomic E-state index is 5.50. The molecule has 0 spiro atoms. The molecular formula is C6H8N4S. The summed E-state index contributed by atoms with van der Waals surface area (Å²) < 4.78 is 0. The van der Waals surface area contributed by atoms with Crippen LogP contribution >= 0.6 is 12.2 Å². The van der Waals surface area contributed by atoms with Crippen molar-refractivity contribution in [2.75, 3.05) is 5.73 Å². The van der Waals surface area contributed by atoms with Gasteiger partial charge in [0.25, 0.3) is 0 Å². The number of hydrogen-bond acceptors (Lipinski definition) is 4. The first-order valence-electron chi connectivity index (χ1n) is 3.00. The number of nitrogens with zero attached hydrogens (tertiary/aromatic N) is 2. The van der Waals surface area contributed by atoms with Gasteiger partial charge in [-0.1, -0.05) is 12.2 Å². The summed E-state index contributed by atoms with van der Waals surface area (Å²) in [6, 6.07) is 0. The molecule has 1 aromatic rings. The van der Waals surface area contributed by atoms with E-state index in [1.807, 2.05) is 0 Å². The Kier molecular flexibility index (Phi) is 2.00. The van der Waals surface area contributed by atoms with Gasteiger partial charge < -0.3 is 11.5 Å². The van der Waals surface area contributed by atoms with Gasteiger partial charge in [0, 0.05) is 6.20 Å². The lowest BCUT2D eigenvalue weighted by molar-refractivity contribution is 1.06. The molecule has 0 aliphatic carbocycles. The minimum absolute atomic E-state index is 0.225. The standard InChI is InChI=1S/C6H8N4S/c1-3-9-2-4(6(8)11)5(7)10-3/h2H,1H3,(H2,8,11)(H2,7,9,10). The first kappa shape index (κ1) is 7.87. The number of hydrogen-bond donors (Lipinski definition) is 2. The molecule has 0 fully saturated rings. The fourth-order valence-corrected chi connectivity index (χ4v) is 0.835. The number of anilines is 1. The average Bonchev–Trinajstić information content (AvgIpc) is 1.85. The zero-order valence-electron chi connectivity index (χ0n) is 6.03. The molecule has 0 radical (unpaired) electrons. The van der Waals surface area contributed by atoms with Crippen LogP contribution in [0.3, 0.4) is 0 Å². The minimum Gasteiger partial charge on any atom is -0.389 e. The fourth-order valence-electron chi connectivity index (χ4n) is 0.677. The number of aryl methyl sites for hydroxylation is 1. The van der Waals surface area contributed by atoms with Gasteiger partial charge in [0.2, 0.25) is 0 Å².